The Kier molecular flexibility index (Phi) is 9.72. The molecule has 174 valence electrons. The molecule has 3 aliphatic rings. The molecule has 1 heterocycles. The van der Waals surface area contributed by atoms with E-state index < -0.39 is 0 Å². The van der Waals surface area contributed by atoms with E-state index in [9.17, 15) is 0 Å². The lowest BCUT2D eigenvalue weighted by atomic mass is 10.1. The van der Waals surface area contributed by atoms with Gasteiger partial charge in [0.15, 0.2) is 5.96 Å². The van der Waals surface area contributed by atoms with Gasteiger partial charge in [-0.2, -0.15) is 0 Å². The van der Waals surface area contributed by atoms with Gasteiger partial charge in [0.1, 0.15) is 5.75 Å². The molecule has 0 amide bonds. The summed E-state index contributed by atoms with van der Waals surface area (Å²) in [5.41, 5.74) is 2.38. The van der Waals surface area contributed by atoms with Crippen molar-refractivity contribution in [2.75, 3.05) is 46.5 Å². The van der Waals surface area contributed by atoms with E-state index in [-0.39, 0.29) is 24.0 Å². The first-order valence-electron chi connectivity index (χ1n) is 11.7. The van der Waals surface area contributed by atoms with E-state index in [0.29, 0.717) is 12.5 Å². The zero-order valence-electron chi connectivity index (χ0n) is 19.1. The number of hydrogen-bond acceptors (Lipinski definition) is 4. The van der Waals surface area contributed by atoms with Crippen LogP contribution in [0, 0.1) is 18.8 Å². The summed E-state index contributed by atoms with van der Waals surface area (Å²) in [7, 11) is 1.84. The second kappa shape index (κ2) is 12.3. The monoisotopic (exact) mass is 542 g/mol. The molecule has 0 radical (unpaired) electrons. The molecular weight excluding hydrogens is 503 g/mol. The number of benzene rings is 1. The standard InChI is InChI=1S/C24H38N4O2.HI/c1-18-3-6-21(23(13-18)30-17-20-9-12-29-16-20)14-27-24(25-2)26-10-11-28(22-7-8-22)15-19-4-5-19;/h3,6,13,19-20,22H,4-5,7-12,14-17H2,1-2H3,(H2,25,26,27);1H. The van der Waals surface area contributed by atoms with Gasteiger partial charge in [0, 0.05) is 57.4 Å². The lowest BCUT2D eigenvalue weighted by Gasteiger charge is -2.22. The van der Waals surface area contributed by atoms with Crippen LogP contribution in [0.15, 0.2) is 23.2 Å². The van der Waals surface area contributed by atoms with Gasteiger partial charge in [0.05, 0.1) is 13.2 Å². The summed E-state index contributed by atoms with van der Waals surface area (Å²) in [4.78, 5) is 7.09. The van der Waals surface area contributed by atoms with E-state index in [2.05, 4.69) is 45.6 Å². The zero-order chi connectivity index (χ0) is 20.8. The molecule has 4 rings (SSSR count). The quantitative estimate of drug-likeness (QED) is 0.255. The predicted molar refractivity (Wildman–Crippen MR) is 137 cm³/mol. The minimum atomic E-state index is 0. The predicted octanol–water partition coefficient (Wildman–Crippen LogP) is 3.57. The second-order valence-corrected chi connectivity index (χ2v) is 9.17. The Labute approximate surface area is 204 Å². The average Bonchev–Trinajstić information content (AvgIpc) is 3.68. The molecule has 31 heavy (non-hydrogen) atoms. The maximum absolute atomic E-state index is 6.17. The number of ether oxygens (including phenoxy) is 2. The van der Waals surface area contributed by atoms with Gasteiger partial charge in [-0.05, 0) is 56.6 Å². The minimum absolute atomic E-state index is 0. The lowest BCUT2D eigenvalue weighted by molar-refractivity contribution is 0.166. The molecule has 1 aromatic rings. The highest BCUT2D eigenvalue weighted by molar-refractivity contribution is 14.0. The third kappa shape index (κ3) is 8.09. The van der Waals surface area contributed by atoms with Crippen molar-refractivity contribution in [2.45, 2.75) is 51.6 Å². The molecule has 0 aromatic heterocycles. The van der Waals surface area contributed by atoms with E-state index in [1.165, 1.54) is 37.8 Å². The maximum atomic E-state index is 6.17. The molecule has 1 aliphatic heterocycles. The van der Waals surface area contributed by atoms with Crippen LogP contribution in [0.2, 0.25) is 0 Å². The Bertz CT molecular complexity index is 716. The summed E-state index contributed by atoms with van der Waals surface area (Å²) in [6, 6.07) is 7.26. The summed E-state index contributed by atoms with van der Waals surface area (Å²) in [6.45, 7) is 8.52. The first kappa shape index (κ1) is 24.6. The number of rotatable bonds is 11. The topological polar surface area (TPSA) is 58.1 Å². The van der Waals surface area contributed by atoms with Gasteiger partial charge in [-0.15, -0.1) is 24.0 Å². The van der Waals surface area contributed by atoms with Crippen LogP contribution < -0.4 is 15.4 Å². The molecule has 2 saturated carbocycles. The smallest absolute Gasteiger partial charge is 0.191 e. The fraction of sp³-hybridized carbons (Fsp3) is 0.708. The Morgan fingerprint density at radius 2 is 2.00 bits per heavy atom. The van der Waals surface area contributed by atoms with Crippen molar-refractivity contribution in [3.63, 3.8) is 0 Å². The van der Waals surface area contributed by atoms with E-state index in [1.807, 2.05) is 7.05 Å². The summed E-state index contributed by atoms with van der Waals surface area (Å²) >= 11 is 0. The van der Waals surface area contributed by atoms with Gasteiger partial charge < -0.3 is 20.1 Å². The molecule has 0 spiro atoms. The summed E-state index contributed by atoms with van der Waals surface area (Å²) in [5.74, 6) is 3.28. The molecule has 3 fully saturated rings. The first-order chi connectivity index (χ1) is 14.7. The second-order valence-electron chi connectivity index (χ2n) is 9.17. The number of aliphatic imine (C=N–C) groups is 1. The van der Waals surface area contributed by atoms with Crippen LogP contribution >= 0.6 is 24.0 Å². The summed E-state index contributed by atoms with van der Waals surface area (Å²) in [6.07, 6.45) is 6.70. The lowest BCUT2D eigenvalue weighted by Crippen LogP contribution is -2.42. The van der Waals surface area contributed by atoms with Crippen LogP contribution in [0.4, 0.5) is 0 Å². The van der Waals surface area contributed by atoms with Crippen molar-refractivity contribution in [1.29, 1.82) is 0 Å². The molecule has 1 unspecified atom stereocenters. The molecule has 6 nitrogen and oxygen atoms in total. The number of nitrogens with zero attached hydrogens (tertiary/aromatic N) is 2. The molecule has 1 saturated heterocycles. The number of aryl methyl sites for hydroxylation is 1. The van der Waals surface area contributed by atoms with Crippen LogP contribution in [0.5, 0.6) is 5.75 Å². The van der Waals surface area contributed by atoms with Crippen molar-refractivity contribution in [1.82, 2.24) is 15.5 Å². The highest BCUT2D eigenvalue weighted by atomic mass is 127. The van der Waals surface area contributed by atoms with Gasteiger partial charge in [-0.1, -0.05) is 12.1 Å². The van der Waals surface area contributed by atoms with Gasteiger partial charge >= 0.3 is 0 Å². The van der Waals surface area contributed by atoms with Gasteiger partial charge in [-0.25, -0.2) is 0 Å². The first-order valence-corrected chi connectivity index (χ1v) is 11.7. The average molecular weight is 543 g/mol. The molecule has 7 heteroatoms. The number of halogens is 1. The summed E-state index contributed by atoms with van der Waals surface area (Å²) < 4.78 is 11.6. The van der Waals surface area contributed by atoms with Crippen molar-refractivity contribution < 1.29 is 9.47 Å². The van der Waals surface area contributed by atoms with Crippen molar-refractivity contribution >= 4 is 29.9 Å². The van der Waals surface area contributed by atoms with Gasteiger partial charge in [-0.3, -0.25) is 9.89 Å². The van der Waals surface area contributed by atoms with Crippen LogP contribution in [-0.4, -0.2) is 63.4 Å². The number of hydrogen-bond donors (Lipinski definition) is 2. The van der Waals surface area contributed by atoms with E-state index in [0.717, 1.165) is 68.6 Å². The normalized spacial score (nSPS) is 21.1. The molecule has 0 bridgehead atoms. The van der Waals surface area contributed by atoms with Crippen molar-refractivity contribution in [3.05, 3.63) is 29.3 Å². The Balaban J connectivity index is 0.00000272. The maximum Gasteiger partial charge on any atom is 0.191 e. The fourth-order valence-corrected chi connectivity index (χ4v) is 4.08. The molecule has 2 N–H and O–H groups in total. The third-order valence-electron chi connectivity index (χ3n) is 6.34. The van der Waals surface area contributed by atoms with Crippen LogP contribution in [-0.2, 0) is 11.3 Å². The highest BCUT2D eigenvalue weighted by Gasteiger charge is 2.33. The van der Waals surface area contributed by atoms with E-state index in [1.54, 1.807) is 0 Å². The van der Waals surface area contributed by atoms with Gasteiger partial charge in [0.2, 0.25) is 0 Å². The largest absolute Gasteiger partial charge is 0.493 e. The fourth-order valence-electron chi connectivity index (χ4n) is 4.08. The Morgan fingerprint density at radius 3 is 2.68 bits per heavy atom. The molecular formula is C24H39IN4O2. The Hall–Kier alpha value is -1.06. The molecule has 2 aliphatic carbocycles. The van der Waals surface area contributed by atoms with E-state index in [4.69, 9.17) is 9.47 Å². The highest BCUT2D eigenvalue weighted by Crippen LogP contribution is 2.34. The van der Waals surface area contributed by atoms with Crippen molar-refractivity contribution in [3.8, 4) is 5.75 Å². The Morgan fingerprint density at radius 1 is 1.16 bits per heavy atom. The number of guanidine groups is 1. The minimum Gasteiger partial charge on any atom is -0.493 e. The molecule has 1 atom stereocenters. The SMILES string of the molecule is CN=C(NCCN(CC1CC1)C1CC1)NCc1ccc(C)cc1OCC1CCOC1.I. The van der Waals surface area contributed by atoms with E-state index >= 15 is 0 Å². The van der Waals surface area contributed by atoms with Crippen LogP contribution in [0.1, 0.15) is 43.2 Å². The number of nitrogens with one attached hydrogen (secondary N) is 2. The van der Waals surface area contributed by atoms with Crippen LogP contribution in [0.25, 0.3) is 0 Å². The zero-order valence-corrected chi connectivity index (χ0v) is 21.4. The van der Waals surface area contributed by atoms with Crippen LogP contribution in [0.3, 0.4) is 0 Å². The summed E-state index contributed by atoms with van der Waals surface area (Å²) in [5, 5.41) is 6.95. The molecule has 1 aromatic carbocycles. The van der Waals surface area contributed by atoms with Crippen molar-refractivity contribution in [2.24, 2.45) is 16.8 Å². The third-order valence-corrected chi connectivity index (χ3v) is 6.34. The van der Waals surface area contributed by atoms with Gasteiger partial charge in [0.25, 0.3) is 0 Å².